The lowest BCUT2D eigenvalue weighted by Gasteiger charge is -2.27. The molecule has 1 aliphatic heterocycles. The van der Waals surface area contributed by atoms with Crippen LogP contribution in [0.15, 0.2) is 14.5 Å². The molecule has 0 unspecified atom stereocenters. The number of rotatable bonds is 3. The molecule has 3 N–H and O–H groups in total. The molecule has 0 bridgehead atoms. The SMILES string of the molecule is Cl.[2H]C([2H])([2H])C([2H])([2H])N[C@H]1C[C@H](C)S(=O)(=O)c2sc(S(N)(=O)=O)cc21. The van der Waals surface area contributed by atoms with Gasteiger partial charge in [0, 0.05) is 18.5 Å². The minimum atomic E-state index is -4.14. The Balaban J connectivity index is 0.00000312. The van der Waals surface area contributed by atoms with E-state index in [9.17, 15) is 16.8 Å². The van der Waals surface area contributed by atoms with Crippen molar-refractivity contribution in [3.05, 3.63) is 11.6 Å². The van der Waals surface area contributed by atoms with Crippen LogP contribution in [0.3, 0.4) is 0 Å². The first-order valence-electron chi connectivity index (χ1n) is 7.75. The first-order valence-corrected chi connectivity index (χ1v) is 9.16. The topological polar surface area (TPSA) is 106 Å². The molecule has 10 heteroatoms. The van der Waals surface area contributed by atoms with Crippen molar-refractivity contribution in [2.24, 2.45) is 5.14 Å². The van der Waals surface area contributed by atoms with E-state index in [0.29, 0.717) is 11.3 Å². The predicted molar refractivity (Wildman–Crippen MR) is 80.6 cm³/mol. The summed E-state index contributed by atoms with van der Waals surface area (Å²) >= 11 is 0.486. The molecule has 116 valence electrons. The summed E-state index contributed by atoms with van der Waals surface area (Å²) in [5.74, 6) is 0. The predicted octanol–water partition coefficient (Wildman–Crippen LogP) is 1.03. The van der Waals surface area contributed by atoms with Crippen LogP contribution in [0.2, 0.25) is 0 Å². The van der Waals surface area contributed by atoms with Gasteiger partial charge in [0.2, 0.25) is 10.0 Å². The number of fused-ring (bicyclic) bond motifs is 1. The van der Waals surface area contributed by atoms with Gasteiger partial charge in [0.15, 0.2) is 9.84 Å². The van der Waals surface area contributed by atoms with E-state index in [2.05, 4.69) is 5.32 Å². The maximum absolute atomic E-state index is 12.4. The number of halogens is 1. The Morgan fingerprint density at radius 2 is 2.30 bits per heavy atom. The van der Waals surface area contributed by atoms with Crippen molar-refractivity contribution < 1.29 is 23.7 Å². The highest BCUT2D eigenvalue weighted by Gasteiger charge is 2.39. The molecule has 0 amide bonds. The van der Waals surface area contributed by atoms with Crippen LogP contribution in [0.5, 0.6) is 0 Å². The van der Waals surface area contributed by atoms with E-state index >= 15 is 0 Å². The van der Waals surface area contributed by atoms with Gasteiger partial charge < -0.3 is 5.32 Å². The molecule has 0 spiro atoms. The molecule has 1 aromatic rings. The van der Waals surface area contributed by atoms with E-state index in [0.717, 1.165) is 6.07 Å². The average Bonchev–Trinajstić information content (AvgIpc) is 2.80. The Bertz CT molecular complexity index is 866. The van der Waals surface area contributed by atoms with Gasteiger partial charge >= 0.3 is 0 Å². The van der Waals surface area contributed by atoms with E-state index in [4.69, 9.17) is 12.0 Å². The van der Waals surface area contributed by atoms with Crippen molar-refractivity contribution in [1.82, 2.24) is 5.32 Å². The van der Waals surface area contributed by atoms with Gasteiger partial charge in [0.25, 0.3) is 0 Å². The third-order valence-electron chi connectivity index (χ3n) is 2.96. The summed E-state index contributed by atoms with van der Waals surface area (Å²) in [6.45, 7) is -4.36. The summed E-state index contributed by atoms with van der Waals surface area (Å²) in [4.78, 5) is 0. The zero-order valence-electron chi connectivity index (χ0n) is 15.3. The van der Waals surface area contributed by atoms with Gasteiger partial charge in [-0.15, -0.1) is 23.7 Å². The number of nitrogens with two attached hydrogens (primary N) is 1. The lowest BCUT2D eigenvalue weighted by molar-refractivity contribution is 0.477. The van der Waals surface area contributed by atoms with Crippen LogP contribution >= 0.6 is 23.7 Å². The number of nitrogens with one attached hydrogen (secondary N) is 1. The van der Waals surface area contributed by atoms with E-state index in [1.165, 1.54) is 6.92 Å². The first-order chi connectivity index (χ1) is 10.6. The molecule has 0 fully saturated rings. The molecule has 0 saturated heterocycles. The molecular formula is C10H17ClN2O4S3. The van der Waals surface area contributed by atoms with Crippen molar-refractivity contribution in [1.29, 1.82) is 0 Å². The Morgan fingerprint density at radius 3 is 2.85 bits per heavy atom. The number of sulfone groups is 1. The molecule has 0 saturated carbocycles. The van der Waals surface area contributed by atoms with Crippen LogP contribution in [-0.4, -0.2) is 28.6 Å². The monoisotopic (exact) mass is 365 g/mol. The van der Waals surface area contributed by atoms with Crippen LogP contribution in [0.4, 0.5) is 0 Å². The van der Waals surface area contributed by atoms with Gasteiger partial charge in [-0.2, -0.15) is 0 Å². The molecule has 6 nitrogen and oxygen atoms in total. The molecule has 0 aliphatic carbocycles. The summed E-state index contributed by atoms with van der Waals surface area (Å²) in [7, 11) is -7.93. The maximum Gasteiger partial charge on any atom is 0.247 e. The van der Waals surface area contributed by atoms with Crippen LogP contribution in [0.25, 0.3) is 0 Å². The summed E-state index contributed by atoms with van der Waals surface area (Å²) in [5, 5.41) is 6.41. The number of primary sulfonamides is 1. The second-order valence-corrected chi connectivity index (χ2v) is 9.67. The minimum Gasteiger partial charge on any atom is -0.310 e. The lowest BCUT2D eigenvalue weighted by Crippen LogP contribution is -2.33. The maximum atomic E-state index is 12.4. The van der Waals surface area contributed by atoms with Gasteiger partial charge in [-0.25, -0.2) is 22.0 Å². The summed E-state index contributed by atoms with van der Waals surface area (Å²) < 4.78 is 84.2. The second-order valence-electron chi connectivity index (χ2n) is 4.27. The van der Waals surface area contributed by atoms with Crippen LogP contribution in [-0.2, 0) is 19.9 Å². The van der Waals surface area contributed by atoms with Crippen LogP contribution in [0, 0.1) is 0 Å². The molecule has 2 atom stereocenters. The molecule has 1 aromatic heterocycles. The standard InChI is InChI=1S/C10H16N2O4S3.ClH/c1-3-12-8-4-6(2)18(13,14)10-7(8)5-9(17-10)19(11,15)16;/h5-6,8,12H,3-4H2,1-2H3,(H2,11,15,16);1H/t6-,8-;/m0./s1/i1D3,3D2;. The molecule has 2 heterocycles. The van der Waals surface area contributed by atoms with Crippen molar-refractivity contribution in [2.75, 3.05) is 6.50 Å². The van der Waals surface area contributed by atoms with Gasteiger partial charge in [-0.05, 0) is 25.9 Å². The van der Waals surface area contributed by atoms with Crippen molar-refractivity contribution in [2.45, 2.75) is 39.9 Å². The number of hydrogen-bond donors (Lipinski definition) is 2. The average molecular weight is 366 g/mol. The Labute approximate surface area is 136 Å². The Kier molecular flexibility index (Phi) is 3.36. The van der Waals surface area contributed by atoms with Crippen LogP contribution < -0.4 is 10.5 Å². The fourth-order valence-electron chi connectivity index (χ4n) is 1.96. The Morgan fingerprint density at radius 1 is 1.65 bits per heavy atom. The number of hydrogen-bond acceptors (Lipinski definition) is 6. The quantitative estimate of drug-likeness (QED) is 0.832. The molecule has 20 heavy (non-hydrogen) atoms. The minimum absolute atomic E-state index is 0. The zero-order valence-corrected chi connectivity index (χ0v) is 13.5. The van der Waals surface area contributed by atoms with Crippen molar-refractivity contribution in [3.8, 4) is 0 Å². The fourth-order valence-corrected chi connectivity index (χ4v) is 6.38. The van der Waals surface area contributed by atoms with Gasteiger partial charge in [0.05, 0.1) is 5.25 Å². The third kappa shape index (κ3) is 3.02. The first kappa shape index (κ1) is 11.4. The lowest BCUT2D eigenvalue weighted by atomic mass is 10.1. The highest BCUT2D eigenvalue weighted by molar-refractivity contribution is 7.95. The molecule has 2 rings (SSSR count). The van der Waals surface area contributed by atoms with Crippen molar-refractivity contribution >= 4 is 43.6 Å². The highest BCUT2D eigenvalue weighted by Crippen LogP contribution is 2.42. The fraction of sp³-hybridized carbons (Fsp3) is 0.600. The van der Waals surface area contributed by atoms with Gasteiger partial charge in [0.1, 0.15) is 8.42 Å². The van der Waals surface area contributed by atoms with Crippen molar-refractivity contribution in [3.63, 3.8) is 0 Å². The van der Waals surface area contributed by atoms with E-state index < -0.39 is 44.5 Å². The Hall–Kier alpha value is -0.190. The largest absolute Gasteiger partial charge is 0.310 e. The van der Waals surface area contributed by atoms with E-state index in [1.807, 2.05) is 0 Å². The normalized spacial score (nSPS) is 29.8. The molecule has 0 radical (unpaired) electrons. The number of sulfonamides is 1. The summed E-state index contributed by atoms with van der Waals surface area (Å²) in [6, 6.07) is 0.0900. The van der Waals surface area contributed by atoms with E-state index in [-0.39, 0.29) is 32.8 Å². The molecule has 1 aliphatic rings. The third-order valence-corrected chi connectivity index (χ3v) is 8.28. The highest BCUT2D eigenvalue weighted by atomic mass is 35.5. The summed E-state index contributed by atoms with van der Waals surface area (Å²) in [6.07, 6.45) is -0.0916. The van der Waals surface area contributed by atoms with E-state index in [1.54, 1.807) is 0 Å². The second kappa shape index (κ2) is 5.90. The number of thiophene rings is 1. The summed E-state index contributed by atoms with van der Waals surface area (Å²) in [5.41, 5.74) is 0.0234. The zero-order chi connectivity index (χ0) is 18.7. The van der Waals surface area contributed by atoms with Gasteiger partial charge in [-0.3, -0.25) is 0 Å². The smallest absolute Gasteiger partial charge is 0.247 e. The molecular weight excluding hydrogens is 344 g/mol. The van der Waals surface area contributed by atoms with Gasteiger partial charge in [-0.1, -0.05) is 6.85 Å². The molecule has 0 aromatic carbocycles. The van der Waals surface area contributed by atoms with Crippen LogP contribution in [0.1, 0.15) is 38.7 Å².